The van der Waals surface area contributed by atoms with Crippen LogP contribution in [0, 0.1) is 0 Å². The van der Waals surface area contributed by atoms with Gasteiger partial charge in [-0.25, -0.2) is 10.2 Å². The normalized spacial score (nSPS) is 10.7. The molecule has 8 nitrogen and oxygen atoms in total. The Bertz CT molecular complexity index is 958. The highest BCUT2D eigenvalue weighted by Crippen LogP contribution is 2.31. The van der Waals surface area contributed by atoms with Gasteiger partial charge < -0.3 is 18.9 Å². The maximum Gasteiger partial charge on any atom is 0.343 e. The number of carbonyl (C=O) groups excluding carboxylic acids is 2. The summed E-state index contributed by atoms with van der Waals surface area (Å²) in [5, 5.41) is 3.99. The molecule has 1 amide bonds. The second-order valence-corrected chi connectivity index (χ2v) is 7.33. The Morgan fingerprint density at radius 2 is 1.52 bits per heavy atom. The van der Waals surface area contributed by atoms with Crippen LogP contribution in [0.3, 0.4) is 0 Å². The van der Waals surface area contributed by atoms with E-state index in [0.717, 1.165) is 19.3 Å². The SMILES string of the molecule is CCCCCCCC(=O)N/N=C/c1ccc(OC(=O)c2ccc(OC)c(OC)c2)c(OC)c1. The molecule has 0 aliphatic carbocycles. The van der Waals surface area contributed by atoms with Gasteiger partial charge in [0.25, 0.3) is 0 Å². The van der Waals surface area contributed by atoms with Crippen LogP contribution in [0.2, 0.25) is 0 Å². The molecule has 0 atom stereocenters. The molecule has 0 heterocycles. The zero-order valence-electron chi connectivity index (χ0n) is 19.7. The molecular formula is C25H32N2O6. The van der Waals surface area contributed by atoms with E-state index in [4.69, 9.17) is 18.9 Å². The van der Waals surface area contributed by atoms with Gasteiger partial charge >= 0.3 is 5.97 Å². The van der Waals surface area contributed by atoms with Gasteiger partial charge in [0.2, 0.25) is 5.91 Å². The van der Waals surface area contributed by atoms with Crippen molar-refractivity contribution < 1.29 is 28.5 Å². The van der Waals surface area contributed by atoms with Crippen LogP contribution in [0.5, 0.6) is 23.0 Å². The molecule has 0 saturated heterocycles. The van der Waals surface area contributed by atoms with Crippen LogP contribution in [0.1, 0.15) is 61.4 Å². The van der Waals surface area contributed by atoms with Crippen molar-refractivity contribution in [2.75, 3.05) is 21.3 Å². The van der Waals surface area contributed by atoms with Gasteiger partial charge in [0.15, 0.2) is 23.0 Å². The molecular weight excluding hydrogens is 424 g/mol. The lowest BCUT2D eigenvalue weighted by molar-refractivity contribution is -0.121. The van der Waals surface area contributed by atoms with E-state index in [1.807, 2.05) is 0 Å². The number of nitrogens with zero attached hydrogens (tertiary/aromatic N) is 1. The van der Waals surface area contributed by atoms with Crippen LogP contribution < -0.4 is 24.4 Å². The van der Waals surface area contributed by atoms with Crippen molar-refractivity contribution in [3.8, 4) is 23.0 Å². The topological polar surface area (TPSA) is 95.5 Å². The highest BCUT2D eigenvalue weighted by atomic mass is 16.6. The number of nitrogens with one attached hydrogen (secondary N) is 1. The van der Waals surface area contributed by atoms with Crippen LogP contribution in [-0.2, 0) is 4.79 Å². The minimum absolute atomic E-state index is 0.116. The highest BCUT2D eigenvalue weighted by Gasteiger charge is 2.15. The Hall–Kier alpha value is -3.55. The van der Waals surface area contributed by atoms with E-state index >= 15 is 0 Å². The first kappa shape index (κ1) is 25.7. The molecule has 0 unspecified atom stereocenters. The maximum atomic E-state index is 12.6. The summed E-state index contributed by atoms with van der Waals surface area (Å²) in [7, 11) is 4.49. The van der Waals surface area contributed by atoms with Gasteiger partial charge in [0.05, 0.1) is 33.1 Å². The number of amides is 1. The van der Waals surface area contributed by atoms with Crippen molar-refractivity contribution in [1.29, 1.82) is 0 Å². The number of hydrogen-bond acceptors (Lipinski definition) is 7. The molecule has 2 aromatic rings. The van der Waals surface area contributed by atoms with Gasteiger partial charge in [-0.05, 0) is 48.4 Å². The largest absolute Gasteiger partial charge is 0.493 e. The fourth-order valence-corrected chi connectivity index (χ4v) is 3.09. The minimum atomic E-state index is -0.568. The van der Waals surface area contributed by atoms with Gasteiger partial charge in [-0.2, -0.15) is 5.10 Å². The number of benzene rings is 2. The average molecular weight is 457 g/mol. The second-order valence-electron chi connectivity index (χ2n) is 7.33. The summed E-state index contributed by atoms with van der Waals surface area (Å²) in [4.78, 5) is 24.4. The van der Waals surface area contributed by atoms with E-state index in [1.165, 1.54) is 40.4 Å². The van der Waals surface area contributed by atoms with Crippen molar-refractivity contribution in [3.05, 3.63) is 47.5 Å². The average Bonchev–Trinajstić information content (AvgIpc) is 2.84. The first-order valence-electron chi connectivity index (χ1n) is 11.0. The van der Waals surface area contributed by atoms with E-state index in [0.29, 0.717) is 34.8 Å². The maximum absolute atomic E-state index is 12.6. The third-order valence-electron chi connectivity index (χ3n) is 4.92. The molecule has 2 aromatic carbocycles. The molecule has 0 spiro atoms. The van der Waals surface area contributed by atoms with Crippen LogP contribution in [0.25, 0.3) is 0 Å². The van der Waals surface area contributed by atoms with Gasteiger partial charge in [0.1, 0.15) is 0 Å². The predicted molar refractivity (Wildman–Crippen MR) is 127 cm³/mol. The smallest absolute Gasteiger partial charge is 0.343 e. The standard InChI is InChI=1S/C25H32N2O6/c1-5-6-7-8-9-10-24(28)27-26-17-18-11-13-21(22(15-18)31-3)33-25(29)19-12-14-20(30-2)23(16-19)32-4/h11-17H,5-10H2,1-4H3,(H,27,28)/b26-17+. The van der Waals surface area contributed by atoms with Crippen molar-refractivity contribution in [3.63, 3.8) is 0 Å². The quantitative estimate of drug-likeness (QED) is 0.154. The van der Waals surface area contributed by atoms with E-state index < -0.39 is 5.97 Å². The van der Waals surface area contributed by atoms with Crippen molar-refractivity contribution >= 4 is 18.1 Å². The van der Waals surface area contributed by atoms with Crippen molar-refractivity contribution in [2.24, 2.45) is 5.10 Å². The molecule has 0 aromatic heterocycles. The summed E-state index contributed by atoms with van der Waals surface area (Å²) < 4.78 is 21.2. The molecule has 0 bridgehead atoms. The monoisotopic (exact) mass is 456 g/mol. The van der Waals surface area contributed by atoms with Crippen molar-refractivity contribution in [2.45, 2.75) is 45.4 Å². The van der Waals surface area contributed by atoms with Gasteiger partial charge in [-0.1, -0.05) is 32.6 Å². The summed E-state index contributed by atoms with van der Waals surface area (Å²) in [6.45, 7) is 2.16. The molecule has 0 aliphatic rings. The van der Waals surface area contributed by atoms with E-state index in [2.05, 4.69) is 17.5 Å². The molecule has 2 rings (SSSR count). The number of esters is 1. The molecule has 0 saturated carbocycles. The Balaban J connectivity index is 1.97. The predicted octanol–water partition coefficient (Wildman–Crippen LogP) is 4.74. The number of rotatable bonds is 13. The Labute approximate surface area is 194 Å². The van der Waals surface area contributed by atoms with Gasteiger partial charge in [0, 0.05) is 6.42 Å². The molecule has 178 valence electrons. The number of ether oxygens (including phenoxy) is 4. The first-order valence-corrected chi connectivity index (χ1v) is 11.0. The lowest BCUT2D eigenvalue weighted by atomic mass is 10.1. The van der Waals surface area contributed by atoms with Gasteiger partial charge in [-0.15, -0.1) is 0 Å². The zero-order chi connectivity index (χ0) is 24.1. The molecule has 0 aliphatic heterocycles. The fourth-order valence-electron chi connectivity index (χ4n) is 3.09. The summed E-state index contributed by atoms with van der Waals surface area (Å²) in [5.74, 6) is 0.866. The highest BCUT2D eigenvalue weighted by molar-refractivity contribution is 5.92. The lowest BCUT2D eigenvalue weighted by Gasteiger charge is -2.11. The first-order chi connectivity index (χ1) is 16.0. The summed E-state index contributed by atoms with van der Waals surface area (Å²) in [6.07, 6.45) is 7.39. The Kier molecular flexibility index (Phi) is 10.7. The second kappa shape index (κ2) is 13.8. The Morgan fingerprint density at radius 3 is 2.21 bits per heavy atom. The summed E-state index contributed by atoms with van der Waals surface area (Å²) in [5.41, 5.74) is 3.52. The van der Waals surface area contributed by atoms with Crippen LogP contribution in [0.4, 0.5) is 0 Å². The molecule has 8 heteroatoms. The van der Waals surface area contributed by atoms with Crippen molar-refractivity contribution in [1.82, 2.24) is 5.43 Å². The summed E-state index contributed by atoms with van der Waals surface area (Å²) >= 11 is 0. The molecule has 0 fully saturated rings. The Morgan fingerprint density at radius 1 is 0.848 bits per heavy atom. The molecule has 33 heavy (non-hydrogen) atoms. The number of carbonyl (C=O) groups is 2. The lowest BCUT2D eigenvalue weighted by Crippen LogP contribution is -2.16. The van der Waals surface area contributed by atoms with E-state index in [9.17, 15) is 9.59 Å². The molecule has 1 N–H and O–H groups in total. The number of hydrazone groups is 1. The molecule has 0 radical (unpaired) electrons. The number of methoxy groups -OCH3 is 3. The van der Waals surface area contributed by atoms with E-state index in [-0.39, 0.29) is 11.7 Å². The number of hydrogen-bond donors (Lipinski definition) is 1. The van der Waals surface area contributed by atoms with Crippen LogP contribution in [-0.4, -0.2) is 39.4 Å². The van der Waals surface area contributed by atoms with E-state index in [1.54, 1.807) is 36.4 Å². The van der Waals surface area contributed by atoms with Gasteiger partial charge in [-0.3, -0.25) is 4.79 Å². The van der Waals surface area contributed by atoms with Crippen LogP contribution in [0.15, 0.2) is 41.5 Å². The third-order valence-corrected chi connectivity index (χ3v) is 4.92. The fraction of sp³-hybridized carbons (Fsp3) is 0.400. The number of unbranched alkanes of at least 4 members (excludes halogenated alkanes) is 4. The third kappa shape index (κ3) is 8.14. The zero-order valence-corrected chi connectivity index (χ0v) is 19.7. The van der Waals surface area contributed by atoms with Crippen LogP contribution >= 0.6 is 0 Å². The summed E-state index contributed by atoms with van der Waals surface area (Å²) in [6, 6.07) is 9.74. The minimum Gasteiger partial charge on any atom is -0.493 e.